The lowest BCUT2D eigenvalue weighted by atomic mass is 10.4. The Morgan fingerprint density at radius 1 is 1.38 bits per heavy atom. The molecule has 1 aliphatic carbocycles. The highest BCUT2D eigenvalue weighted by molar-refractivity contribution is 8.00. The summed E-state index contributed by atoms with van der Waals surface area (Å²) in [6, 6.07) is 3.21. The van der Waals surface area contributed by atoms with Gasteiger partial charge < -0.3 is 14.5 Å². The second-order valence-corrected chi connectivity index (χ2v) is 7.85. The second kappa shape index (κ2) is 9.59. The highest BCUT2D eigenvalue weighted by Crippen LogP contribution is 2.24. The summed E-state index contributed by atoms with van der Waals surface area (Å²) in [6.07, 6.45) is 3.37. The Balaban J connectivity index is 1.69. The highest BCUT2D eigenvalue weighted by atomic mass is 32.2. The smallest absolute Gasteiger partial charge is 0.321 e. The third-order valence-corrected chi connectivity index (χ3v) is 5.18. The van der Waals surface area contributed by atoms with E-state index in [0.29, 0.717) is 23.3 Å². The predicted octanol–water partition coefficient (Wildman–Crippen LogP) is 1.49. The summed E-state index contributed by atoms with van der Waals surface area (Å²) in [5.41, 5.74) is 0. The molecule has 3 amide bonds. The number of aromatic nitrogens is 3. The number of nitrogens with zero attached hydrogens (tertiary/aromatic N) is 3. The molecule has 156 valence electrons. The van der Waals surface area contributed by atoms with E-state index < -0.39 is 23.2 Å². The number of hydrogen-bond donors (Lipinski definition) is 2. The van der Waals surface area contributed by atoms with Crippen LogP contribution in [0.2, 0.25) is 0 Å². The Labute approximate surface area is 171 Å². The molecule has 0 bridgehead atoms. The molecule has 2 N–H and O–H groups in total. The number of amides is 3. The van der Waals surface area contributed by atoms with Gasteiger partial charge in [0.15, 0.2) is 5.16 Å². The van der Waals surface area contributed by atoms with Crippen LogP contribution in [0.4, 0.5) is 4.79 Å². The first-order chi connectivity index (χ1) is 14.0. The number of thioether (sulfide) groups is 1. The van der Waals surface area contributed by atoms with Gasteiger partial charge in [-0.1, -0.05) is 11.8 Å². The molecular formula is C18H23N5O5S. The molecule has 0 spiro atoms. The molecule has 1 fully saturated rings. The van der Waals surface area contributed by atoms with Gasteiger partial charge in [-0.25, -0.2) is 4.79 Å². The number of nitrogens with one attached hydrogen (secondary N) is 2. The Hall–Kier alpha value is -2.82. The van der Waals surface area contributed by atoms with Crippen molar-refractivity contribution in [1.29, 1.82) is 0 Å². The molecule has 2 heterocycles. The molecule has 0 aromatic carbocycles. The van der Waals surface area contributed by atoms with Crippen molar-refractivity contribution in [2.75, 3.05) is 6.61 Å². The van der Waals surface area contributed by atoms with Gasteiger partial charge in [-0.2, -0.15) is 0 Å². The summed E-state index contributed by atoms with van der Waals surface area (Å²) in [5, 5.41) is 13.1. The van der Waals surface area contributed by atoms with E-state index in [0.717, 1.165) is 24.6 Å². The van der Waals surface area contributed by atoms with Gasteiger partial charge in [-0.15, -0.1) is 10.2 Å². The van der Waals surface area contributed by atoms with Gasteiger partial charge in [-0.05, 0) is 38.8 Å². The fourth-order valence-electron chi connectivity index (χ4n) is 2.47. The number of urea groups is 1. The van der Waals surface area contributed by atoms with E-state index in [1.54, 1.807) is 36.8 Å². The van der Waals surface area contributed by atoms with Crippen LogP contribution in [0, 0.1) is 0 Å². The third-order valence-electron chi connectivity index (χ3n) is 4.10. The monoisotopic (exact) mass is 421 g/mol. The summed E-state index contributed by atoms with van der Waals surface area (Å²) < 4.78 is 12.1. The third kappa shape index (κ3) is 6.08. The minimum absolute atomic E-state index is 0.0491. The van der Waals surface area contributed by atoms with Crippen LogP contribution >= 0.6 is 11.8 Å². The zero-order valence-electron chi connectivity index (χ0n) is 16.2. The Kier molecular flexibility index (Phi) is 6.91. The lowest BCUT2D eigenvalue weighted by Gasteiger charge is -2.13. The van der Waals surface area contributed by atoms with Crippen LogP contribution in [0.3, 0.4) is 0 Å². The molecule has 1 saturated carbocycles. The Bertz CT molecular complexity index is 862. The van der Waals surface area contributed by atoms with Crippen molar-refractivity contribution < 1.29 is 23.5 Å². The lowest BCUT2D eigenvalue weighted by Crippen LogP contribution is -2.43. The molecular weight excluding hydrogens is 398 g/mol. The van der Waals surface area contributed by atoms with Crippen molar-refractivity contribution in [2.24, 2.45) is 0 Å². The van der Waals surface area contributed by atoms with Crippen LogP contribution in [-0.2, 0) is 27.3 Å². The van der Waals surface area contributed by atoms with Crippen molar-refractivity contribution >= 4 is 29.7 Å². The van der Waals surface area contributed by atoms with Crippen LogP contribution in [0.1, 0.15) is 38.3 Å². The van der Waals surface area contributed by atoms with Gasteiger partial charge in [0, 0.05) is 6.04 Å². The molecule has 2 aromatic heterocycles. The van der Waals surface area contributed by atoms with Crippen molar-refractivity contribution in [3.63, 3.8) is 0 Å². The summed E-state index contributed by atoms with van der Waals surface area (Å²) >= 11 is 1.14. The standard InChI is InChI=1S/C18H23N5O5S/c1-3-27-15(24)9-14-21-22-18(23(14)10-13-5-4-8-28-13)29-11(2)16(25)20-17(26)19-12-6-7-12/h4-5,8,11-12H,3,6-7,9-10H2,1-2H3,(H2,19,20,25,26). The number of carbonyl (C=O) groups excluding carboxylic acids is 3. The molecule has 11 heteroatoms. The first kappa shape index (κ1) is 20.9. The molecule has 2 aromatic rings. The average Bonchev–Trinajstić information content (AvgIpc) is 3.19. The van der Waals surface area contributed by atoms with Gasteiger partial charge in [0.1, 0.15) is 18.0 Å². The molecule has 0 saturated heterocycles. The van der Waals surface area contributed by atoms with Crippen LogP contribution in [0.15, 0.2) is 28.0 Å². The summed E-state index contributed by atoms with van der Waals surface area (Å²) in [5.74, 6) is 0.200. The number of rotatable bonds is 9. The molecule has 10 nitrogen and oxygen atoms in total. The van der Waals surface area contributed by atoms with E-state index in [9.17, 15) is 14.4 Å². The Morgan fingerprint density at radius 3 is 2.83 bits per heavy atom. The number of imide groups is 1. The van der Waals surface area contributed by atoms with E-state index in [1.165, 1.54) is 0 Å². The summed E-state index contributed by atoms with van der Waals surface area (Å²) in [7, 11) is 0. The van der Waals surface area contributed by atoms with Gasteiger partial charge >= 0.3 is 12.0 Å². The quantitative estimate of drug-likeness (QED) is 0.460. The van der Waals surface area contributed by atoms with Crippen LogP contribution in [0.25, 0.3) is 0 Å². The minimum atomic E-state index is -0.602. The van der Waals surface area contributed by atoms with Crippen molar-refractivity contribution in [3.05, 3.63) is 30.0 Å². The normalized spacial score (nSPS) is 14.3. The first-order valence-electron chi connectivity index (χ1n) is 9.34. The highest BCUT2D eigenvalue weighted by Gasteiger charge is 2.26. The van der Waals surface area contributed by atoms with Crippen LogP contribution in [0.5, 0.6) is 0 Å². The summed E-state index contributed by atoms with van der Waals surface area (Å²) in [4.78, 5) is 36.0. The molecule has 1 aliphatic rings. The van der Waals surface area contributed by atoms with E-state index in [4.69, 9.17) is 9.15 Å². The molecule has 1 unspecified atom stereocenters. The van der Waals surface area contributed by atoms with Crippen LogP contribution < -0.4 is 10.6 Å². The molecule has 3 rings (SSSR count). The second-order valence-electron chi connectivity index (χ2n) is 6.54. The number of hydrogen-bond acceptors (Lipinski definition) is 8. The largest absolute Gasteiger partial charge is 0.467 e. The SMILES string of the molecule is CCOC(=O)Cc1nnc(SC(C)C(=O)NC(=O)NC2CC2)n1Cc1ccco1. The maximum absolute atomic E-state index is 12.3. The van der Waals surface area contributed by atoms with Gasteiger partial charge in [-0.3, -0.25) is 19.5 Å². The average molecular weight is 421 g/mol. The fourth-order valence-corrected chi connectivity index (χ4v) is 3.34. The van der Waals surface area contributed by atoms with Crippen molar-refractivity contribution in [3.8, 4) is 0 Å². The zero-order chi connectivity index (χ0) is 20.8. The van der Waals surface area contributed by atoms with Gasteiger partial charge in [0.05, 0.1) is 24.7 Å². The summed E-state index contributed by atoms with van der Waals surface area (Å²) in [6.45, 7) is 3.97. The van der Waals surface area contributed by atoms with Crippen molar-refractivity contribution in [2.45, 2.75) is 56.1 Å². The number of esters is 1. The molecule has 0 radical (unpaired) electrons. The minimum Gasteiger partial charge on any atom is -0.467 e. The van der Waals surface area contributed by atoms with Gasteiger partial charge in [0.25, 0.3) is 0 Å². The molecule has 29 heavy (non-hydrogen) atoms. The topological polar surface area (TPSA) is 128 Å². The molecule has 0 aliphatic heterocycles. The fraction of sp³-hybridized carbons (Fsp3) is 0.500. The zero-order valence-corrected chi connectivity index (χ0v) is 17.0. The Morgan fingerprint density at radius 2 is 2.17 bits per heavy atom. The lowest BCUT2D eigenvalue weighted by molar-refractivity contribution is -0.142. The molecule has 1 atom stereocenters. The van der Waals surface area contributed by atoms with Gasteiger partial charge in [0.2, 0.25) is 5.91 Å². The van der Waals surface area contributed by atoms with E-state index >= 15 is 0 Å². The van der Waals surface area contributed by atoms with E-state index in [1.807, 2.05) is 0 Å². The van der Waals surface area contributed by atoms with E-state index in [2.05, 4.69) is 20.8 Å². The van der Waals surface area contributed by atoms with Crippen LogP contribution in [-0.4, -0.2) is 50.6 Å². The number of furan rings is 1. The van der Waals surface area contributed by atoms with Crippen molar-refractivity contribution in [1.82, 2.24) is 25.4 Å². The maximum atomic E-state index is 12.3. The maximum Gasteiger partial charge on any atom is 0.321 e. The number of ether oxygens (including phenoxy) is 1. The number of carbonyl (C=O) groups is 3. The predicted molar refractivity (Wildman–Crippen MR) is 103 cm³/mol. The van der Waals surface area contributed by atoms with E-state index in [-0.39, 0.29) is 19.1 Å². The first-order valence-corrected chi connectivity index (χ1v) is 10.2.